The molecule has 2 atom stereocenters. The largest absolute Gasteiger partial charge is 0.335 e. The summed E-state index contributed by atoms with van der Waals surface area (Å²) in [5.41, 5.74) is 2.52. The molecule has 1 fully saturated rings. The van der Waals surface area contributed by atoms with Crippen molar-refractivity contribution in [2.75, 3.05) is 13.1 Å². The highest BCUT2D eigenvalue weighted by Gasteiger charge is 2.32. The van der Waals surface area contributed by atoms with E-state index in [1.165, 1.54) is 5.56 Å². The van der Waals surface area contributed by atoms with Gasteiger partial charge in [0, 0.05) is 46.5 Å². The molecule has 1 amide bonds. The average Bonchev–Trinajstić information content (AvgIpc) is 3.01. The van der Waals surface area contributed by atoms with Crippen LogP contribution in [-0.2, 0) is 17.2 Å². The second kappa shape index (κ2) is 6.66. The average molecular weight is 331 g/mol. The first-order chi connectivity index (χ1) is 11.0. The Balaban J connectivity index is 1.70. The number of benzene rings is 1. The summed E-state index contributed by atoms with van der Waals surface area (Å²) in [5.74, 6) is -0.0871. The lowest BCUT2D eigenvalue weighted by molar-refractivity contribution is 0.0745. The smallest absolute Gasteiger partial charge is 0.274 e. The fourth-order valence-corrected chi connectivity index (χ4v) is 4.39. The van der Waals surface area contributed by atoms with Crippen molar-refractivity contribution >= 4 is 16.7 Å². The van der Waals surface area contributed by atoms with Crippen LogP contribution < -0.4 is 0 Å². The van der Waals surface area contributed by atoms with Crippen molar-refractivity contribution in [1.29, 1.82) is 0 Å². The van der Waals surface area contributed by atoms with Crippen LogP contribution in [0.1, 0.15) is 35.6 Å². The van der Waals surface area contributed by atoms with Crippen LogP contribution in [-0.4, -0.2) is 48.8 Å². The van der Waals surface area contributed by atoms with Crippen LogP contribution >= 0.6 is 0 Å². The van der Waals surface area contributed by atoms with Crippen LogP contribution in [0.25, 0.3) is 0 Å². The van der Waals surface area contributed by atoms with Crippen molar-refractivity contribution < 1.29 is 9.00 Å². The third kappa shape index (κ3) is 3.52. The van der Waals surface area contributed by atoms with Gasteiger partial charge in [0.05, 0.1) is 0 Å². The summed E-state index contributed by atoms with van der Waals surface area (Å²) >= 11 is 0. The fourth-order valence-electron chi connectivity index (χ4n) is 2.94. The van der Waals surface area contributed by atoms with Crippen molar-refractivity contribution in [3.63, 3.8) is 0 Å². The lowest BCUT2D eigenvalue weighted by Gasteiger charge is -2.33. The molecule has 0 radical (unpaired) electrons. The van der Waals surface area contributed by atoms with E-state index in [0.717, 1.165) is 12.1 Å². The van der Waals surface area contributed by atoms with E-state index in [0.29, 0.717) is 18.8 Å². The van der Waals surface area contributed by atoms with Gasteiger partial charge in [0.15, 0.2) is 0 Å². The topological polar surface area (TPSA) is 66.1 Å². The number of hydrogen-bond acceptors (Lipinski definition) is 3. The second-order valence-corrected chi connectivity index (χ2v) is 8.37. The van der Waals surface area contributed by atoms with Crippen molar-refractivity contribution in [3.05, 3.63) is 53.3 Å². The van der Waals surface area contributed by atoms with Gasteiger partial charge < -0.3 is 4.90 Å². The molecule has 1 aromatic carbocycles. The van der Waals surface area contributed by atoms with Crippen LogP contribution in [0.15, 0.2) is 36.4 Å². The van der Waals surface area contributed by atoms with E-state index in [9.17, 15) is 9.00 Å². The Morgan fingerprint density at radius 1 is 1.26 bits per heavy atom. The molecule has 6 heteroatoms. The molecule has 0 aliphatic carbocycles. The summed E-state index contributed by atoms with van der Waals surface area (Å²) < 4.78 is 12.0. The van der Waals surface area contributed by atoms with Crippen LogP contribution in [0.2, 0.25) is 0 Å². The van der Waals surface area contributed by atoms with E-state index in [1.807, 2.05) is 50.2 Å². The Morgan fingerprint density at radius 3 is 2.57 bits per heavy atom. The first kappa shape index (κ1) is 15.9. The summed E-state index contributed by atoms with van der Waals surface area (Å²) in [4.78, 5) is 14.4. The van der Waals surface area contributed by atoms with Gasteiger partial charge in [-0.25, -0.2) is 0 Å². The van der Waals surface area contributed by atoms with Crippen LogP contribution in [0.5, 0.6) is 0 Å². The zero-order chi connectivity index (χ0) is 16.4. The predicted molar refractivity (Wildman–Crippen MR) is 90.8 cm³/mol. The monoisotopic (exact) mass is 331 g/mol. The maximum Gasteiger partial charge on any atom is 0.274 e. The zero-order valence-corrected chi connectivity index (χ0v) is 14.2. The Kier molecular flexibility index (Phi) is 4.61. The van der Waals surface area contributed by atoms with E-state index in [1.54, 1.807) is 4.90 Å². The first-order valence-electron chi connectivity index (χ1n) is 7.81. The molecule has 2 heterocycles. The number of nitrogens with one attached hydrogen (secondary N) is 1. The minimum atomic E-state index is -0.867. The van der Waals surface area contributed by atoms with Crippen LogP contribution in [0.3, 0.4) is 0 Å². The highest BCUT2D eigenvalue weighted by Crippen LogP contribution is 2.17. The number of rotatable bonds is 3. The van der Waals surface area contributed by atoms with Crippen molar-refractivity contribution in [2.45, 2.75) is 30.8 Å². The maximum atomic E-state index is 12.6. The quantitative estimate of drug-likeness (QED) is 0.935. The van der Waals surface area contributed by atoms with Gasteiger partial charge in [-0.05, 0) is 25.5 Å². The fraction of sp³-hybridized carbons (Fsp3) is 0.412. The molecule has 2 unspecified atom stereocenters. The van der Waals surface area contributed by atoms with E-state index in [2.05, 4.69) is 10.2 Å². The molecule has 2 aromatic rings. The van der Waals surface area contributed by atoms with Crippen LogP contribution in [0.4, 0.5) is 0 Å². The Morgan fingerprint density at radius 2 is 1.91 bits per heavy atom. The molecule has 23 heavy (non-hydrogen) atoms. The number of hydrogen-bond donors (Lipinski definition) is 1. The first-order valence-corrected chi connectivity index (χ1v) is 9.09. The number of nitrogens with zero attached hydrogens (tertiary/aromatic N) is 2. The Hall–Kier alpha value is -1.95. The summed E-state index contributed by atoms with van der Waals surface area (Å²) in [5, 5.41) is 7.12. The van der Waals surface area contributed by atoms with Gasteiger partial charge in [-0.15, -0.1) is 0 Å². The molecular weight excluding hydrogens is 310 g/mol. The molecule has 1 aliphatic heterocycles. The molecule has 1 saturated heterocycles. The van der Waals surface area contributed by atoms with Gasteiger partial charge in [0.2, 0.25) is 0 Å². The Labute approximate surface area is 138 Å². The molecule has 3 rings (SSSR count). The number of aromatic nitrogens is 2. The summed E-state index contributed by atoms with van der Waals surface area (Å²) in [7, 11) is -0.867. The number of amides is 1. The van der Waals surface area contributed by atoms with Gasteiger partial charge in [-0.2, -0.15) is 5.10 Å². The molecule has 0 bridgehead atoms. The molecule has 5 nitrogen and oxygen atoms in total. The molecule has 1 N–H and O–H groups in total. The maximum absolute atomic E-state index is 12.6. The van der Waals surface area contributed by atoms with E-state index < -0.39 is 10.8 Å². The molecule has 1 aromatic heterocycles. The van der Waals surface area contributed by atoms with Crippen molar-refractivity contribution in [3.8, 4) is 0 Å². The minimum absolute atomic E-state index is 0.00503. The second-order valence-electron chi connectivity index (χ2n) is 6.10. The van der Waals surface area contributed by atoms with Gasteiger partial charge in [0.1, 0.15) is 5.69 Å². The molecule has 1 aliphatic rings. The van der Waals surface area contributed by atoms with E-state index in [4.69, 9.17) is 0 Å². The highest BCUT2D eigenvalue weighted by atomic mass is 32.2. The normalized spacial score (nSPS) is 24.6. The lowest BCUT2D eigenvalue weighted by Crippen LogP contribution is -2.49. The molecule has 0 saturated carbocycles. The van der Waals surface area contributed by atoms with E-state index >= 15 is 0 Å². The number of carbonyl (C=O) groups is 1. The van der Waals surface area contributed by atoms with Gasteiger partial charge in [-0.3, -0.25) is 14.1 Å². The number of carbonyl (C=O) groups excluding carboxylic acids is 1. The van der Waals surface area contributed by atoms with E-state index in [-0.39, 0.29) is 16.4 Å². The van der Waals surface area contributed by atoms with Gasteiger partial charge in [-0.1, -0.05) is 30.3 Å². The van der Waals surface area contributed by atoms with Gasteiger partial charge in [0.25, 0.3) is 5.91 Å². The number of aromatic amines is 1. The highest BCUT2D eigenvalue weighted by molar-refractivity contribution is 7.86. The molecule has 122 valence electrons. The SMILES string of the molecule is CC1CN(C(=O)c2cc(Cc3ccccc3)[nH]n2)CC(C)S1=O. The van der Waals surface area contributed by atoms with Gasteiger partial charge >= 0.3 is 0 Å². The number of H-pyrrole nitrogens is 1. The zero-order valence-electron chi connectivity index (χ0n) is 13.4. The van der Waals surface area contributed by atoms with Crippen LogP contribution in [0, 0.1) is 0 Å². The summed E-state index contributed by atoms with van der Waals surface area (Å²) in [6.07, 6.45) is 0.720. The minimum Gasteiger partial charge on any atom is -0.335 e. The van der Waals surface area contributed by atoms with Crippen molar-refractivity contribution in [1.82, 2.24) is 15.1 Å². The molecule has 0 spiro atoms. The lowest BCUT2D eigenvalue weighted by atomic mass is 10.1. The summed E-state index contributed by atoms with van der Waals surface area (Å²) in [6, 6.07) is 11.9. The third-order valence-electron chi connectivity index (χ3n) is 4.12. The predicted octanol–water partition coefficient (Wildman–Crippen LogP) is 1.98. The molecular formula is C17H21N3O2S. The summed E-state index contributed by atoms with van der Waals surface area (Å²) in [6.45, 7) is 4.90. The standard InChI is InChI=1S/C17H21N3O2S/c1-12-10-20(11-13(2)23(12)22)17(21)16-9-15(18-19-16)8-14-6-4-3-5-7-14/h3-7,9,12-13H,8,10-11H2,1-2H3,(H,18,19). The third-order valence-corrected chi connectivity index (χ3v) is 6.01. The van der Waals surface area contributed by atoms with Crippen molar-refractivity contribution in [2.24, 2.45) is 0 Å². The Bertz CT molecular complexity index is 700.